The minimum Gasteiger partial charge on any atom is -1.00 e. The third-order valence-electron chi connectivity index (χ3n) is 8.30. The molecule has 0 fully saturated rings. The number of hydrogen-bond donors (Lipinski definition) is 0. The van der Waals surface area contributed by atoms with Crippen LogP contribution < -0.4 is 24.8 Å². The van der Waals surface area contributed by atoms with E-state index in [4.69, 9.17) is 23.2 Å². The van der Waals surface area contributed by atoms with Gasteiger partial charge in [0.05, 0.1) is 0 Å². The van der Waals surface area contributed by atoms with Gasteiger partial charge in [0.15, 0.2) is 0 Å². The SMILES string of the molecule is CCCCc1c(C)c(C)cc2c1[cH-]c1cc(C)c(C)cc12.Clc1ccc(C[C](=[Zr+2])Cc2ccc(Cl)cc2)cc1.[C-]1=CC=CC1.[Cl-].[Cl-]. The number of unbranched alkanes of at least 4 members (excludes halogenated alkanes) is 1. The van der Waals surface area contributed by atoms with Crippen LogP contribution >= 0.6 is 23.2 Å². The fraction of sp³-hybridized carbons (Fsp3) is 0.268. The van der Waals surface area contributed by atoms with Crippen LogP contribution in [0.3, 0.4) is 0 Å². The molecule has 5 aromatic rings. The molecule has 0 aliphatic heterocycles. The third-order valence-corrected chi connectivity index (χ3v) is 9.68. The molecular weight excluding hydrogens is 725 g/mol. The van der Waals surface area contributed by atoms with E-state index in [0.29, 0.717) is 0 Å². The van der Waals surface area contributed by atoms with Gasteiger partial charge in [0, 0.05) is 0 Å². The molecule has 0 bridgehead atoms. The van der Waals surface area contributed by atoms with E-state index in [0.717, 1.165) is 29.3 Å². The van der Waals surface area contributed by atoms with Crippen LogP contribution in [0.5, 0.6) is 0 Å². The van der Waals surface area contributed by atoms with Crippen LogP contribution in [0.1, 0.15) is 65.1 Å². The van der Waals surface area contributed by atoms with Crippen molar-refractivity contribution in [2.75, 3.05) is 0 Å². The smallest absolute Gasteiger partial charge is 0.109 e. The molecule has 0 N–H and O–H groups in total. The largest absolute Gasteiger partial charge is 1.00 e. The Kier molecular flexibility index (Phi) is 17.4. The van der Waals surface area contributed by atoms with Crippen LogP contribution in [0, 0.1) is 33.8 Å². The fourth-order valence-electron chi connectivity index (χ4n) is 5.52. The molecular formula is C41H42Cl4Zr-2. The van der Waals surface area contributed by atoms with Crippen molar-refractivity contribution in [2.24, 2.45) is 0 Å². The Labute approximate surface area is 313 Å². The van der Waals surface area contributed by atoms with Gasteiger partial charge in [0.2, 0.25) is 0 Å². The maximum Gasteiger partial charge on any atom is -0.109 e. The molecule has 0 nitrogen and oxygen atoms in total. The van der Waals surface area contributed by atoms with Gasteiger partial charge in [0.1, 0.15) is 0 Å². The van der Waals surface area contributed by atoms with Gasteiger partial charge < -0.3 is 24.8 Å². The first-order chi connectivity index (χ1) is 21.2. The quantitative estimate of drug-likeness (QED) is 0.176. The summed E-state index contributed by atoms with van der Waals surface area (Å²) in [5.74, 6) is 0. The van der Waals surface area contributed by atoms with E-state index < -0.39 is 0 Å². The molecule has 0 spiro atoms. The predicted octanol–water partition coefficient (Wildman–Crippen LogP) is 6.10. The molecule has 0 amide bonds. The van der Waals surface area contributed by atoms with Gasteiger partial charge in [-0.1, -0.05) is 60.6 Å². The second-order valence-corrected chi connectivity index (χ2v) is 14.4. The Morgan fingerprint density at radius 1 is 0.783 bits per heavy atom. The minimum absolute atomic E-state index is 0. The zero-order valence-electron chi connectivity index (χ0n) is 27.4. The normalized spacial score (nSPS) is 11.3. The van der Waals surface area contributed by atoms with Crippen LogP contribution in [0.2, 0.25) is 10.0 Å². The zero-order chi connectivity index (χ0) is 31.6. The second kappa shape index (κ2) is 19.8. The van der Waals surface area contributed by atoms with Crippen LogP contribution in [0.4, 0.5) is 0 Å². The van der Waals surface area contributed by atoms with Gasteiger partial charge in [-0.15, -0.1) is 45.7 Å². The summed E-state index contributed by atoms with van der Waals surface area (Å²) < 4.78 is 1.52. The van der Waals surface area contributed by atoms with E-state index in [9.17, 15) is 0 Å². The van der Waals surface area contributed by atoms with E-state index in [1.807, 2.05) is 36.4 Å². The van der Waals surface area contributed by atoms with Gasteiger partial charge in [0.25, 0.3) is 0 Å². The molecule has 0 radical (unpaired) electrons. The molecule has 6 rings (SSSR count). The summed E-state index contributed by atoms with van der Waals surface area (Å²) >= 11 is 13.2. The first kappa shape index (κ1) is 40.3. The molecule has 0 atom stereocenters. The van der Waals surface area contributed by atoms with Crippen LogP contribution in [0.25, 0.3) is 21.5 Å². The molecule has 0 saturated carbocycles. The van der Waals surface area contributed by atoms with E-state index >= 15 is 0 Å². The van der Waals surface area contributed by atoms with Crippen LogP contribution in [-0.4, -0.2) is 3.21 Å². The van der Waals surface area contributed by atoms with Gasteiger partial charge in [-0.2, -0.15) is 6.08 Å². The number of rotatable bonds is 7. The fourth-order valence-corrected chi connectivity index (χ4v) is 6.77. The first-order valence-corrected chi connectivity index (χ1v) is 17.5. The summed E-state index contributed by atoms with van der Waals surface area (Å²) in [7, 11) is 0. The summed E-state index contributed by atoms with van der Waals surface area (Å²) in [6.45, 7) is 11.2. The van der Waals surface area contributed by atoms with Crippen molar-refractivity contribution in [1.82, 2.24) is 0 Å². The van der Waals surface area contributed by atoms with Crippen molar-refractivity contribution in [3.05, 3.63) is 146 Å². The number of fused-ring (bicyclic) bond motifs is 3. The summed E-state index contributed by atoms with van der Waals surface area (Å²) in [6, 6.07) is 25.7. The average molecular weight is 768 g/mol. The van der Waals surface area contributed by atoms with E-state index in [-0.39, 0.29) is 24.8 Å². The number of benzene rings is 4. The Hall–Kier alpha value is -1.86. The monoisotopic (exact) mass is 764 g/mol. The van der Waals surface area contributed by atoms with Crippen molar-refractivity contribution in [3.63, 3.8) is 0 Å². The van der Waals surface area contributed by atoms with Gasteiger partial charge in [-0.05, 0) is 27.7 Å². The van der Waals surface area contributed by atoms with Crippen molar-refractivity contribution < 1.29 is 49.0 Å². The first-order valence-electron chi connectivity index (χ1n) is 15.5. The number of hydrogen-bond acceptors (Lipinski definition) is 0. The van der Waals surface area contributed by atoms with Crippen molar-refractivity contribution in [1.29, 1.82) is 0 Å². The third kappa shape index (κ3) is 11.4. The Balaban J connectivity index is 0.000000270. The Morgan fingerprint density at radius 3 is 1.80 bits per heavy atom. The minimum atomic E-state index is 0. The Bertz CT molecular complexity index is 1720. The summed E-state index contributed by atoms with van der Waals surface area (Å²) in [6.07, 6.45) is 15.8. The van der Waals surface area contributed by atoms with Crippen LogP contribution in [-0.2, 0) is 43.5 Å². The average Bonchev–Trinajstić information content (AvgIpc) is 3.69. The second-order valence-electron chi connectivity index (χ2n) is 11.7. The molecule has 1 aliphatic carbocycles. The van der Waals surface area contributed by atoms with Crippen molar-refractivity contribution >= 4 is 48.0 Å². The van der Waals surface area contributed by atoms with E-state index in [1.54, 1.807) is 5.56 Å². The Morgan fingerprint density at radius 2 is 1.33 bits per heavy atom. The van der Waals surface area contributed by atoms with Gasteiger partial charge >= 0.3 is 133 Å². The molecule has 5 aromatic carbocycles. The maximum atomic E-state index is 5.88. The maximum absolute atomic E-state index is 5.88. The van der Waals surface area contributed by atoms with Gasteiger partial charge in [-0.25, -0.2) is 12.2 Å². The molecule has 0 saturated heterocycles. The van der Waals surface area contributed by atoms with Crippen LogP contribution in [0.15, 0.2) is 91.0 Å². The van der Waals surface area contributed by atoms with E-state index in [1.165, 1.54) is 102 Å². The van der Waals surface area contributed by atoms with Crippen molar-refractivity contribution in [3.8, 4) is 0 Å². The molecule has 5 heteroatoms. The molecule has 1 aliphatic rings. The molecule has 240 valence electrons. The zero-order valence-corrected chi connectivity index (χ0v) is 32.9. The van der Waals surface area contributed by atoms with Crippen molar-refractivity contribution in [2.45, 2.75) is 73.1 Å². The predicted molar refractivity (Wildman–Crippen MR) is 191 cm³/mol. The molecule has 0 unspecified atom stereocenters. The number of halogens is 4. The molecule has 0 heterocycles. The summed E-state index contributed by atoms with van der Waals surface area (Å²) in [5, 5.41) is 7.34. The summed E-state index contributed by atoms with van der Waals surface area (Å²) in [5.41, 5.74) is 9.91. The number of aryl methyl sites for hydroxylation is 4. The standard InChI is InChI=1S/C21H25.C15H12Cl2.C5H5.2ClH.Zr/c1-6-7-8-18-16(5)15(4)11-20-19-10-14(3)13(2)9-17(19)12-21(18)20;16-14-8-4-12(5-9-14)2-1-3-13-6-10-15(17)11-7-13;1-2-4-5-3-1;;;/h9-12H,6-8H2,1-5H3;4-11H,2-3H2;1-3H,4H2;2*1H;/q-1;;-1;;;+2/p-2. The molecule has 0 aromatic heterocycles. The molecule has 46 heavy (non-hydrogen) atoms. The van der Waals surface area contributed by atoms with E-state index in [2.05, 4.69) is 95.3 Å². The topological polar surface area (TPSA) is 0 Å². The summed E-state index contributed by atoms with van der Waals surface area (Å²) in [4.78, 5) is 0. The van der Waals surface area contributed by atoms with Gasteiger partial charge in [-0.3, -0.25) is 6.08 Å². The number of allylic oxidation sites excluding steroid dienone is 4.